The summed E-state index contributed by atoms with van der Waals surface area (Å²) >= 11 is 0. The van der Waals surface area contributed by atoms with Crippen LogP contribution in [0.2, 0.25) is 0 Å². The summed E-state index contributed by atoms with van der Waals surface area (Å²) in [6, 6.07) is 0.551. The summed E-state index contributed by atoms with van der Waals surface area (Å²) in [7, 11) is 0. The van der Waals surface area contributed by atoms with Gasteiger partial charge in [0.1, 0.15) is 0 Å². The lowest BCUT2D eigenvalue weighted by Crippen LogP contribution is -2.52. The van der Waals surface area contributed by atoms with Crippen LogP contribution in [-0.4, -0.2) is 24.8 Å². The average molecular weight is 241 g/mol. The fraction of sp³-hybridized carbons (Fsp3) is 1.00. The lowest BCUT2D eigenvalue weighted by atomic mass is 9.83. The Bertz CT molecular complexity index is 179. The lowest BCUT2D eigenvalue weighted by Gasteiger charge is -2.40. The van der Waals surface area contributed by atoms with E-state index in [9.17, 15) is 0 Å². The number of nitrogens with one attached hydrogen (secondary N) is 1. The molecule has 1 N–H and O–H groups in total. The molecule has 1 rings (SSSR count). The molecule has 0 spiro atoms. The Hall–Kier alpha value is -0.0800. The van der Waals surface area contributed by atoms with Gasteiger partial charge < -0.3 is 10.1 Å². The zero-order valence-electron chi connectivity index (χ0n) is 12.1. The molecule has 1 atom stereocenters. The Morgan fingerprint density at radius 1 is 1.06 bits per heavy atom. The average Bonchev–Trinajstić information content (AvgIpc) is 2.56. The predicted octanol–water partition coefficient (Wildman–Crippen LogP) is 3.89. The molecule has 2 heteroatoms. The van der Waals surface area contributed by atoms with Gasteiger partial charge in [0, 0.05) is 12.6 Å². The molecule has 102 valence electrons. The first-order valence-electron chi connectivity index (χ1n) is 7.66. The Balaban J connectivity index is 2.76. The zero-order valence-corrected chi connectivity index (χ0v) is 12.1. The molecular weight excluding hydrogens is 210 g/mol. The fourth-order valence-corrected chi connectivity index (χ4v) is 3.29. The highest BCUT2D eigenvalue weighted by atomic mass is 16.5. The van der Waals surface area contributed by atoms with Gasteiger partial charge in [0.25, 0.3) is 0 Å². The van der Waals surface area contributed by atoms with Gasteiger partial charge >= 0.3 is 0 Å². The van der Waals surface area contributed by atoms with Gasteiger partial charge in [0.2, 0.25) is 0 Å². The van der Waals surface area contributed by atoms with Gasteiger partial charge in [-0.15, -0.1) is 0 Å². The molecule has 1 saturated carbocycles. The lowest BCUT2D eigenvalue weighted by molar-refractivity contribution is -0.0783. The van der Waals surface area contributed by atoms with Crippen LogP contribution >= 0.6 is 0 Å². The van der Waals surface area contributed by atoms with Crippen LogP contribution in [0, 0.1) is 0 Å². The largest absolute Gasteiger partial charge is 0.374 e. The minimum Gasteiger partial charge on any atom is -0.374 e. The maximum atomic E-state index is 6.26. The van der Waals surface area contributed by atoms with E-state index in [2.05, 4.69) is 26.1 Å². The van der Waals surface area contributed by atoms with Crippen molar-refractivity contribution >= 4 is 0 Å². The molecule has 0 aromatic heterocycles. The van der Waals surface area contributed by atoms with Crippen molar-refractivity contribution in [3.8, 4) is 0 Å². The van der Waals surface area contributed by atoms with E-state index in [1.165, 1.54) is 51.4 Å². The van der Waals surface area contributed by atoms with Crippen molar-refractivity contribution in [2.24, 2.45) is 0 Å². The summed E-state index contributed by atoms with van der Waals surface area (Å²) in [6.07, 6.45) is 10.4. The molecule has 1 unspecified atom stereocenters. The molecule has 0 radical (unpaired) electrons. The molecule has 0 amide bonds. The summed E-state index contributed by atoms with van der Waals surface area (Å²) < 4.78 is 6.26. The second kappa shape index (κ2) is 8.10. The standard InChI is InChI=1S/C15H31NO/c1-4-11-14(16-5-2)15(17-6-3)12-9-7-8-10-13-15/h14,16H,4-13H2,1-3H3. The fourth-order valence-electron chi connectivity index (χ4n) is 3.29. The Morgan fingerprint density at radius 3 is 2.18 bits per heavy atom. The first-order valence-corrected chi connectivity index (χ1v) is 7.66. The van der Waals surface area contributed by atoms with Crippen molar-refractivity contribution in [1.29, 1.82) is 0 Å². The van der Waals surface area contributed by atoms with E-state index in [1.54, 1.807) is 0 Å². The molecule has 2 nitrogen and oxygen atoms in total. The molecule has 0 heterocycles. The maximum absolute atomic E-state index is 6.26. The van der Waals surface area contributed by atoms with Crippen LogP contribution < -0.4 is 5.32 Å². The zero-order chi connectivity index (χ0) is 12.6. The van der Waals surface area contributed by atoms with Gasteiger partial charge in [-0.05, 0) is 32.7 Å². The third-order valence-electron chi connectivity index (χ3n) is 4.04. The SMILES string of the molecule is CCCC(NCC)C1(OCC)CCCCCC1. The van der Waals surface area contributed by atoms with E-state index in [-0.39, 0.29) is 5.60 Å². The summed E-state index contributed by atoms with van der Waals surface area (Å²) in [6.45, 7) is 8.53. The summed E-state index contributed by atoms with van der Waals surface area (Å²) in [4.78, 5) is 0. The third-order valence-corrected chi connectivity index (χ3v) is 4.04. The van der Waals surface area contributed by atoms with Gasteiger partial charge in [0.15, 0.2) is 0 Å². The smallest absolute Gasteiger partial charge is 0.0834 e. The van der Waals surface area contributed by atoms with E-state index < -0.39 is 0 Å². The molecule has 0 bridgehead atoms. The van der Waals surface area contributed by atoms with Crippen molar-refractivity contribution in [2.75, 3.05) is 13.2 Å². The summed E-state index contributed by atoms with van der Waals surface area (Å²) in [5.74, 6) is 0. The van der Waals surface area contributed by atoms with Crippen LogP contribution in [0.1, 0.15) is 72.1 Å². The number of hydrogen-bond acceptors (Lipinski definition) is 2. The molecule has 1 fully saturated rings. The van der Waals surface area contributed by atoms with Gasteiger partial charge in [-0.1, -0.05) is 46.0 Å². The van der Waals surface area contributed by atoms with Crippen molar-refractivity contribution in [1.82, 2.24) is 5.32 Å². The van der Waals surface area contributed by atoms with Gasteiger partial charge in [0.05, 0.1) is 5.60 Å². The van der Waals surface area contributed by atoms with Crippen molar-refractivity contribution in [3.63, 3.8) is 0 Å². The Kier molecular flexibility index (Phi) is 7.14. The first-order chi connectivity index (χ1) is 8.29. The predicted molar refractivity (Wildman–Crippen MR) is 74.4 cm³/mol. The molecule has 1 aliphatic rings. The van der Waals surface area contributed by atoms with Crippen LogP contribution in [-0.2, 0) is 4.74 Å². The maximum Gasteiger partial charge on any atom is 0.0834 e. The number of rotatable bonds is 7. The van der Waals surface area contributed by atoms with Gasteiger partial charge in [-0.3, -0.25) is 0 Å². The summed E-state index contributed by atoms with van der Waals surface area (Å²) in [5.41, 5.74) is 0.122. The summed E-state index contributed by atoms with van der Waals surface area (Å²) in [5, 5.41) is 3.68. The van der Waals surface area contributed by atoms with Crippen molar-refractivity contribution in [2.45, 2.75) is 83.8 Å². The Labute approximate surface area is 108 Å². The van der Waals surface area contributed by atoms with E-state index in [4.69, 9.17) is 4.74 Å². The quantitative estimate of drug-likeness (QED) is 0.683. The van der Waals surface area contributed by atoms with Crippen LogP contribution in [0.25, 0.3) is 0 Å². The molecular formula is C15H31NO. The normalized spacial score (nSPS) is 22.1. The Morgan fingerprint density at radius 2 is 1.71 bits per heavy atom. The number of likely N-dealkylation sites (N-methyl/N-ethyl adjacent to an activating group) is 1. The molecule has 0 aliphatic heterocycles. The second-order valence-electron chi connectivity index (χ2n) is 5.31. The highest BCUT2D eigenvalue weighted by Crippen LogP contribution is 2.35. The molecule has 0 aromatic rings. The second-order valence-corrected chi connectivity index (χ2v) is 5.31. The number of hydrogen-bond donors (Lipinski definition) is 1. The van der Waals surface area contributed by atoms with Crippen molar-refractivity contribution in [3.05, 3.63) is 0 Å². The third kappa shape index (κ3) is 4.26. The van der Waals surface area contributed by atoms with E-state index in [0.29, 0.717) is 6.04 Å². The highest BCUT2D eigenvalue weighted by Gasteiger charge is 2.38. The number of ether oxygens (including phenoxy) is 1. The van der Waals surface area contributed by atoms with Gasteiger partial charge in [-0.25, -0.2) is 0 Å². The van der Waals surface area contributed by atoms with Crippen molar-refractivity contribution < 1.29 is 4.74 Å². The van der Waals surface area contributed by atoms with Crippen LogP contribution in [0.4, 0.5) is 0 Å². The molecule has 17 heavy (non-hydrogen) atoms. The van der Waals surface area contributed by atoms with E-state index >= 15 is 0 Å². The molecule has 0 saturated heterocycles. The first kappa shape index (κ1) is 15.0. The molecule has 1 aliphatic carbocycles. The van der Waals surface area contributed by atoms with Crippen LogP contribution in [0.5, 0.6) is 0 Å². The van der Waals surface area contributed by atoms with Crippen LogP contribution in [0.3, 0.4) is 0 Å². The topological polar surface area (TPSA) is 21.3 Å². The molecule has 0 aromatic carbocycles. The minimum atomic E-state index is 0.122. The van der Waals surface area contributed by atoms with Crippen LogP contribution in [0.15, 0.2) is 0 Å². The minimum absolute atomic E-state index is 0.122. The van der Waals surface area contributed by atoms with E-state index in [1.807, 2.05) is 0 Å². The van der Waals surface area contributed by atoms with Gasteiger partial charge in [-0.2, -0.15) is 0 Å². The highest BCUT2D eigenvalue weighted by molar-refractivity contribution is 4.94. The van der Waals surface area contributed by atoms with E-state index in [0.717, 1.165) is 13.2 Å². The monoisotopic (exact) mass is 241 g/mol.